The molecule has 1 heterocycles. The zero-order valence-corrected chi connectivity index (χ0v) is 8.60. The van der Waals surface area contributed by atoms with Gasteiger partial charge in [-0.15, -0.1) is 0 Å². The lowest BCUT2D eigenvalue weighted by Crippen LogP contribution is -2.06. The van der Waals surface area contributed by atoms with E-state index < -0.39 is 0 Å². The van der Waals surface area contributed by atoms with Gasteiger partial charge in [0.1, 0.15) is 12.6 Å². The molecule has 0 aliphatic carbocycles. The first-order valence-corrected chi connectivity index (χ1v) is 5.03. The van der Waals surface area contributed by atoms with Gasteiger partial charge in [0.05, 0.1) is 0 Å². The molecule has 2 nitrogen and oxygen atoms in total. The predicted molar refractivity (Wildman–Crippen MR) is 57.4 cm³/mol. The van der Waals surface area contributed by atoms with Crippen molar-refractivity contribution in [2.75, 3.05) is 6.61 Å². The molecule has 0 radical (unpaired) electrons. The number of benzene rings is 1. The lowest BCUT2D eigenvalue weighted by molar-refractivity contribution is 0.303. The summed E-state index contributed by atoms with van der Waals surface area (Å²) in [5.74, 6) is 1.28. The van der Waals surface area contributed by atoms with E-state index in [2.05, 4.69) is 31.0 Å². The van der Waals surface area contributed by atoms with E-state index in [-0.39, 0.29) is 6.04 Å². The van der Waals surface area contributed by atoms with Crippen LogP contribution in [-0.4, -0.2) is 12.5 Å². The second-order valence-corrected chi connectivity index (χ2v) is 3.86. The minimum atomic E-state index is 0.202. The first kappa shape index (κ1) is 9.25. The van der Waals surface area contributed by atoms with E-state index in [0.717, 1.165) is 5.90 Å². The molecule has 1 aliphatic rings. The Hall–Kier alpha value is -1.31. The molecule has 0 fully saturated rings. The van der Waals surface area contributed by atoms with Crippen LogP contribution in [0.5, 0.6) is 0 Å². The van der Waals surface area contributed by atoms with Gasteiger partial charge < -0.3 is 4.74 Å². The summed E-state index contributed by atoms with van der Waals surface area (Å²) in [6, 6.07) is 10.5. The Labute approximate surface area is 84.6 Å². The van der Waals surface area contributed by atoms with Crippen molar-refractivity contribution in [3.05, 3.63) is 35.9 Å². The molecule has 0 aromatic heterocycles. The Kier molecular flexibility index (Phi) is 2.53. The monoisotopic (exact) mass is 189 g/mol. The summed E-state index contributed by atoms with van der Waals surface area (Å²) in [7, 11) is 0. The number of hydrogen-bond acceptors (Lipinski definition) is 2. The zero-order chi connectivity index (χ0) is 9.97. The van der Waals surface area contributed by atoms with Gasteiger partial charge in [-0.1, -0.05) is 44.2 Å². The second kappa shape index (κ2) is 3.82. The largest absolute Gasteiger partial charge is 0.478 e. The number of hydrogen-bond donors (Lipinski definition) is 0. The molecule has 74 valence electrons. The first-order chi connectivity index (χ1) is 6.77. The lowest BCUT2D eigenvalue weighted by Gasteiger charge is -2.03. The molecule has 1 aliphatic heterocycles. The molecule has 14 heavy (non-hydrogen) atoms. The molecule has 1 aromatic rings. The van der Waals surface area contributed by atoms with Crippen molar-refractivity contribution < 1.29 is 4.74 Å². The summed E-state index contributed by atoms with van der Waals surface area (Å²) in [4.78, 5) is 4.55. The van der Waals surface area contributed by atoms with Gasteiger partial charge in [0.25, 0.3) is 0 Å². The fraction of sp³-hybridized carbons (Fsp3) is 0.417. The molecular formula is C12H15NO. The zero-order valence-electron chi connectivity index (χ0n) is 8.60. The summed E-state index contributed by atoms with van der Waals surface area (Å²) >= 11 is 0. The standard InChI is InChI=1S/C12H15NO/c1-9(2)12-13-11(8-14-12)10-6-4-3-5-7-10/h3-7,9,11H,8H2,1-2H3. The molecule has 0 N–H and O–H groups in total. The average molecular weight is 189 g/mol. The van der Waals surface area contributed by atoms with E-state index >= 15 is 0 Å². The van der Waals surface area contributed by atoms with Crippen LogP contribution in [-0.2, 0) is 4.74 Å². The predicted octanol–water partition coefficient (Wildman–Crippen LogP) is 2.81. The fourth-order valence-corrected chi connectivity index (χ4v) is 1.55. The summed E-state index contributed by atoms with van der Waals surface area (Å²) < 4.78 is 5.53. The normalized spacial score (nSPS) is 20.8. The van der Waals surface area contributed by atoms with Crippen molar-refractivity contribution >= 4 is 5.90 Å². The van der Waals surface area contributed by atoms with Crippen LogP contribution in [0, 0.1) is 5.92 Å². The van der Waals surface area contributed by atoms with Crippen molar-refractivity contribution in [3.8, 4) is 0 Å². The van der Waals surface area contributed by atoms with Crippen LogP contribution in [0.15, 0.2) is 35.3 Å². The van der Waals surface area contributed by atoms with Crippen molar-refractivity contribution in [1.29, 1.82) is 0 Å². The molecule has 1 atom stereocenters. The highest BCUT2D eigenvalue weighted by Crippen LogP contribution is 2.24. The van der Waals surface area contributed by atoms with Gasteiger partial charge >= 0.3 is 0 Å². The van der Waals surface area contributed by atoms with Gasteiger partial charge in [0, 0.05) is 5.92 Å². The molecule has 0 bridgehead atoms. The molecule has 2 heteroatoms. The Bertz CT molecular complexity index is 329. The highest BCUT2D eigenvalue weighted by atomic mass is 16.5. The number of nitrogens with zero attached hydrogens (tertiary/aromatic N) is 1. The summed E-state index contributed by atoms with van der Waals surface area (Å²) in [6.07, 6.45) is 0. The molecule has 0 spiro atoms. The third kappa shape index (κ3) is 1.79. The SMILES string of the molecule is CC(C)C1=NC(c2ccccc2)CO1. The Morgan fingerprint density at radius 2 is 2.00 bits per heavy atom. The minimum Gasteiger partial charge on any atom is -0.478 e. The summed E-state index contributed by atoms with van der Waals surface area (Å²) in [6.45, 7) is 4.90. The molecule has 1 unspecified atom stereocenters. The lowest BCUT2D eigenvalue weighted by atomic mass is 10.1. The van der Waals surface area contributed by atoms with Gasteiger partial charge in [-0.2, -0.15) is 0 Å². The van der Waals surface area contributed by atoms with Crippen LogP contribution in [0.2, 0.25) is 0 Å². The first-order valence-electron chi connectivity index (χ1n) is 5.03. The van der Waals surface area contributed by atoms with E-state index in [1.807, 2.05) is 18.2 Å². The van der Waals surface area contributed by atoms with E-state index in [0.29, 0.717) is 12.5 Å². The minimum absolute atomic E-state index is 0.202. The second-order valence-electron chi connectivity index (χ2n) is 3.86. The topological polar surface area (TPSA) is 21.6 Å². The molecule has 0 amide bonds. The summed E-state index contributed by atoms with van der Waals surface area (Å²) in [5.41, 5.74) is 1.24. The Morgan fingerprint density at radius 1 is 1.29 bits per heavy atom. The van der Waals surface area contributed by atoms with E-state index in [1.165, 1.54) is 5.56 Å². The molecule has 1 aromatic carbocycles. The highest BCUT2D eigenvalue weighted by molar-refractivity contribution is 5.79. The van der Waals surface area contributed by atoms with Crippen LogP contribution in [0.4, 0.5) is 0 Å². The Balaban J connectivity index is 2.16. The van der Waals surface area contributed by atoms with Crippen molar-refractivity contribution in [2.45, 2.75) is 19.9 Å². The molecule has 0 saturated carbocycles. The Morgan fingerprint density at radius 3 is 2.57 bits per heavy atom. The number of ether oxygens (including phenoxy) is 1. The fourth-order valence-electron chi connectivity index (χ4n) is 1.55. The maximum atomic E-state index is 5.53. The number of rotatable bonds is 2. The van der Waals surface area contributed by atoms with Gasteiger partial charge in [0.2, 0.25) is 0 Å². The van der Waals surface area contributed by atoms with E-state index in [4.69, 9.17) is 4.74 Å². The van der Waals surface area contributed by atoms with Gasteiger partial charge in [0.15, 0.2) is 5.90 Å². The maximum Gasteiger partial charge on any atom is 0.186 e. The molecular weight excluding hydrogens is 174 g/mol. The quantitative estimate of drug-likeness (QED) is 0.701. The van der Waals surface area contributed by atoms with Crippen LogP contribution >= 0.6 is 0 Å². The van der Waals surface area contributed by atoms with Gasteiger partial charge in [-0.05, 0) is 5.56 Å². The smallest absolute Gasteiger partial charge is 0.186 e. The van der Waals surface area contributed by atoms with Crippen LogP contribution in [0.1, 0.15) is 25.5 Å². The van der Waals surface area contributed by atoms with Crippen molar-refractivity contribution in [3.63, 3.8) is 0 Å². The average Bonchev–Trinajstić information content (AvgIpc) is 2.68. The third-order valence-electron chi connectivity index (χ3n) is 2.35. The van der Waals surface area contributed by atoms with E-state index in [9.17, 15) is 0 Å². The maximum absolute atomic E-state index is 5.53. The van der Waals surface area contributed by atoms with E-state index in [1.54, 1.807) is 0 Å². The van der Waals surface area contributed by atoms with Crippen LogP contribution in [0.3, 0.4) is 0 Å². The van der Waals surface area contributed by atoms with Gasteiger partial charge in [-0.3, -0.25) is 0 Å². The molecule has 2 rings (SSSR count). The number of aliphatic imine (C=N–C) groups is 1. The third-order valence-corrected chi connectivity index (χ3v) is 2.35. The van der Waals surface area contributed by atoms with Crippen molar-refractivity contribution in [2.24, 2.45) is 10.9 Å². The summed E-state index contributed by atoms with van der Waals surface area (Å²) in [5, 5.41) is 0. The van der Waals surface area contributed by atoms with Crippen LogP contribution in [0.25, 0.3) is 0 Å². The highest BCUT2D eigenvalue weighted by Gasteiger charge is 2.21. The van der Waals surface area contributed by atoms with Crippen molar-refractivity contribution in [1.82, 2.24) is 0 Å². The van der Waals surface area contributed by atoms with Gasteiger partial charge in [-0.25, -0.2) is 4.99 Å². The van der Waals surface area contributed by atoms with Crippen LogP contribution < -0.4 is 0 Å². The molecule has 0 saturated heterocycles.